The molecule has 1 aromatic rings. The summed E-state index contributed by atoms with van der Waals surface area (Å²) in [4.78, 5) is 12.1. The maximum atomic E-state index is 12.9. The quantitative estimate of drug-likeness (QED) is 0.820. The van der Waals surface area contributed by atoms with Gasteiger partial charge in [0.15, 0.2) is 0 Å². The Balaban J connectivity index is 2.09. The summed E-state index contributed by atoms with van der Waals surface area (Å²) in [5, 5.41) is 2.14. The van der Waals surface area contributed by atoms with E-state index in [0.717, 1.165) is 29.1 Å². The third-order valence-electron chi connectivity index (χ3n) is 3.73. The predicted molar refractivity (Wildman–Crippen MR) is 85.5 cm³/mol. The number of nitrogens with one attached hydrogen (secondary N) is 1. The molecule has 6 nitrogen and oxygen atoms in total. The van der Waals surface area contributed by atoms with Crippen LogP contribution in [0.5, 0.6) is 0 Å². The van der Waals surface area contributed by atoms with Gasteiger partial charge in [0.05, 0.1) is 30.2 Å². The lowest BCUT2D eigenvalue weighted by atomic mass is 10.1. The molecule has 0 aromatic heterocycles. The van der Waals surface area contributed by atoms with Gasteiger partial charge < -0.3 is 10.1 Å². The van der Waals surface area contributed by atoms with E-state index in [2.05, 4.69) is 5.32 Å². The van der Waals surface area contributed by atoms with Crippen LogP contribution in [-0.2, 0) is 25.7 Å². The second-order valence-electron chi connectivity index (χ2n) is 5.78. The second kappa shape index (κ2) is 7.71. The lowest BCUT2D eigenvalue weighted by Gasteiger charge is -2.23. The summed E-state index contributed by atoms with van der Waals surface area (Å²) in [7, 11) is -3.71. The molecule has 1 saturated heterocycles. The number of sulfonamides is 1. The summed E-state index contributed by atoms with van der Waals surface area (Å²) in [6, 6.07) is 4.52. The van der Waals surface area contributed by atoms with Gasteiger partial charge >= 0.3 is 6.18 Å². The van der Waals surface area contributed by atoms with Gasteiger partial charge in [-0.05, 0) is 25.0 Å². The molecule has 1 N–H and O–H groups in total. The molecule has 1 aliphatic rings. The number of hydrogen-bond donors (Lipinski definition) is 1. The number of amides is 1. The summed E-state index contributed by atoms with van der Waals surface area (Å²) in [6.45, 7) is -0.0640. The average Bonchev–Trinajstić information content (AvgIpc) is 2.98. The highest BCUT2D eigenvalue weighted by atomic mass is 32.2. The van der Waals surface area contributed by atoms with Crippen molar-refractivity contribution < 1.29 is 31.1 Å². The van der Waals surface area contributed by atoms with E-state index in [1.807, 2.05) is 0 Å². The number of rotatable bonds is 6. The number of nitrogens with zero attached hydrogens (tertiary/aromatic N) is 1. The molecule has 1 atom stereocenters. The number of ether oxygens (including phenoxy) is 1. The zero-order valence-electron chi connectivity index (χ0n) is 13.5. The fourth-order valence-corrected chi connectivity index (χ4v) is 3.31. The van der Waals surface area contributed by atoms with Crippen molar-refractivity contribution in [3.8, 4) is 0 Å². The van der Waals surface area contributed by atoms with Crippen LogP contribution in [0.3, 0.4) is 0 Å². The largest absolute Gasteiger partial charge is 0.418 e. The van der Waals surface area contributed by atoms with Crippen molar-refractivity contribution in [1.82, 2.24) is 4.31 Å². The molecule has 0 aliphatic carbocycles. The Hall–Kier alpha value is -1.65. The van der Waals surface area contributed by atoms with Gasteiger partial charge in [-0.3, -0.25) is 4.79 Å². The van der Waals surface area contributed by atoms with Crippen LogP contribution in [0.1, 0.15) is 18.4 Å². The lowest BCUT2D eigenvalue weighted by Crippen LogP contribution is -2.41. The van der Waals surface area contributed by atoms with E-state index in [1.54, 1.807) is 0 Å². The maximum absolute atomic E-state index is 12.9. The minimum absolute atomic E-state index is 0.00677. The van der Waals surface area contributed by atoms with Crippen molar-refractivity contribution in [2.24, 2.45) is 0 Å². The normalized spacial score (nSPS) is 18.5. The van der Waals surface area contributed by atoms with Crippen LogP contribution in [0.25, 0.3) is 0 Å². The Morgan fingerprint density at radius 3 is 2.60 bits per heavy atom. The summed E-state index contributed by atoms with van der Waals surface area (Å²) in [5.41, 5.74) is -1.40. The molecule has 1 unspecified atom stereocenters. The van der Waals surface area contributed by atoms with E-state index in [-0.39, 0.29) is 12.6 Å². The molecule has 1 aromatic carbocycles. The van der Waals surface area contributed by atoms with Gasteiger partial charge in [0, 0.05) is 13.2 Å². The van der Waals surface area contributed by atoms with Crippen molar-refractivity contribution in [1.29, 1.82) is 0 Å². The number of carbonyl (C=O) groups is 1. The van der Waals surface area contributed by atoms with Crippen LogP contribution in [-0.4, -0.2) is 50.7 Å². The number of carbonyl (C=O) groups excluding carboxylic acids is 1. The minimum atomic E-state index is -4.63. The molecule has 1 amide bonds. The van der Waals surface area contributed by atoms with Gasteiger partial charge in [-0.25, -0.2) is 8.42 Å². The van der Waals surface area contributed by atoms with Gasteiger partial charge in [-0.2, -0.15) is 17.5 Å². The SMILES string of the molecule is CS(=O)(=O)N(CC(=O)Nc1ccccc1C(F)(F)F)CC1CCCO1. The molecule has 2 rings (SSSR count). The van der Waals surface area contributed by atoms with Crippen LogP contribution in [0, 0.1) is 0 Å². The average molecular weight is 380 g/mol. The van der Waals surface area contributed by atoms with E-state index in [0.29, 0.717) is 13.0 Å². The molecule has 140 valence electrons. The Morgan fingerprint density at radius 1 is 1.36 bits per heavy atom. The Kier molecular flexibility index (Phi) is 6.07. The van der Waals surface area contributed by atoms with Gasteiger partial charge in [0.1, 0.15) is 0 Å². The summed E-state index contributed by atoms with van der Waals surface area (Å²) in [6.07, 6.45) is -2.53. The Morgan fingerprint density at radius 2 is 2.04 bits per heavy atom. The summed E-state index contributed by atoms with van der Waals surface area (Å²) in [5.74, 6) is -0.847. The Labute approximate surface area is 144 Å². The molecule has 25 heavy (non-hydrogen) atoms. The van der Waals surface area contributed by atoms with Gasteiger partial charge in [-0.15, -0.1) is 0 Å². The molecule has 0 radical (unpaired) electrons. The molecule has 1 fully saturated rings. The van der Waals surface area contributed by atoms with E-state index in [9.17, 15) is 26.4 Å². The molecular formula is C15H19F3N2O4S. The topological polar surface area (TPSA) is 75.7 Å². The fraction of sp³-hybridized carbons (Fsp3) is 0.533. The number of para-hydroxylation sites is 1. The molecule has 0 bridgehead atoms. The van der Waals surface area contributed by atoms with E-state index in [4.69, 9.17) is 4.74 Å². The first kappa shape index (κ1) is 19.7. The van der Waals surface area contributed by atoms with Crippen molar-refractivity contribution in [3.05, 3.63) is 29.8 Å². The third-order valence-corrected chi connectivity index (χ3v) is 4.94. The fourth-order valence-electron chi connectivity index (χ4n) is 2.52. The zero-order chi connectivity index (χ0) is 18.7. The van der Waals surface area contributed by atoms with Crippen molar-refractivity contribution >= 4 is 21.6 Å². The molecule has 10 heteroatoms. The van der Waals surface area contributed by atoms with Crippen molar-refractivity contribution in [2.45, 2.75) is 25.1 Å². The van der Waals surface area contributed by atoms with Crippen LogP contribution < -0.4 is 5.32 Å². The van der Waals surface area contributed by atoms with Crippen molar-refractivity contribution in [2.75, 3.05) is 31.3 Å². The third kappa shape index (κ3) is 5.68. The van der Waals surface area contributed by atoms with E-state index >= 15 is 0 Å². The van der Waals surface area contributed by atoms with Crippen molar-refractivity contribution in [3.63, 3.8) is 0 Å². The van der Waals surface area contributed by atoms with Crippen LogP contribution in [0.15, 0.2) is 24.3 Å². The molecular weight excluding hydrogens is 361 g/mol. The zero-order valence-corrected chi connectivity index (χ0v) is 14.4. The monoisotopic (exact) mass is 380 g/mol. The maximum Gasteiger partial charge on any atom is 0.418 e. The Bertz CT molecular complexity index is 716. The number of benzene rings is 1. The highest BCUT2D eigenvalue weighted by Crippen LogP contribution is 2.34. The lowest BCUT2D eigenvalue weighted by molar-refractivity contribution is -0.137. The number of anilines is 1. The molecule has 0 spiro atoms. The first-order valence-electron chi connectivity index (χ1n) is 7.60. The molecule has 0 saturated carbocycles. The van der Waals surface area contributed by atoms with Crippen LogP contribution in [0.4, 0.5) is 18.9 Å². The number of hydrogen-bond acceptors (Lipinski definition) is 4. The van der Waals surface area contributed by atoms with Gasteiger partial charge in [0.2, 0.25) is 15.9 Å². The minimum Gasteiger partial charge on any atom is -0.377 e. The smallest absolute Gasteiger partial charge is 0.377 e. The highest BCUT2D eigenvalue weighted by molar-refractivity contribution is 7.88. The van der Waals surface area contributed by atoms with Gasteiger partial charge in [0.25, 0.3) is 0 Å². The first-order chi connectivity index (χ1) is 11.6. The number of alkyl halides is 3. The summed E-state index contributed by atoms with van der Waals surface area (Å²) < 4.78 is 68.8. The first-order valence-corrected chi connectivity index (χ1v) is 9.45. The standard InChI is InChI=1S/C15H19F3N2O4S/c1-25(22,23)20(9-11-5-4-8-24-11)10-14(21)19-13-7-3-2-6-12(13)15(16,17)18/h2-3,6-7,11H,4-5,8-10H2,1H3,(H,19,21). The van der Waals surface area contributed by atoms with E-state index in [1.165, 1.54) is 12.1 Å². The summed E-state index contributed by atoms with van der Waals surface area (Å²) >= 11 is 0. The molecule has 1 heterocycles. The molecule has 1 aliphatic heterocycles. The van der Waals surface area contributed by atoms with E-state index < -0.39 is 39.9 Å². The number of halogens is 3. The van der Waals surface area contributed by atoms with Gasteiger partial charge in [-0.1, -0.05) is 12.1 Å². The highest BCUT2D eigenvalue weighted by Gasteiger charge is 2.34. The van der Waals surface area contributed by atoms with Crippen LogP contribution in [0.2, 0.25) is 0 Å². The van der Waals surface area contributed by atoms with Crippen LogP contribution >= 0.6 is 0 Å². The second-order valence-corrected chi connectivity index (χ2v) is 7.76. The predicted octanol–water partition coefficient (Wildman–Crippen LogP) is 2.08.